The molecule has 1 aromatic carbocycles. The van der Waals surface area contributed by atoms with Gasteiger partial charge in [-0.25, -0.2) is 8.78 Å². The van der Waals surface area contributed by atoms with Crippen molar-refractivity contribution in [3.8, 4) is 11.3 Å². The maximum atomic E-state index is 13.7. The molecule has 0 aliphatic heterocycles. The summed E-state index contributed by atoms with van der Waals surface area (Å²) in [6.07, 6.45) is 1.60. The number of nitrogens with one attached hydrogen (secondary N) is 3. The molecule has 8 heteroatoms. The van der Waals surface area contributed by atoms with Crippen molar-refractivity contribution in [1.29, 1.82) is 0 Å². The van der Waals surface area contributed by atoms with E-state index >= 15 is 0 Å². The van der Waals surface area contributed by atoms with Gasteiger partial charge in [-0.3, -0.25) is 9.89 Å². The van der Waals surface area contributed by atoms with E-state index in [1.54, 1.807) is 18.3 Å². The van der Waals surface area contributed by atoms with E-state index in [1.165, 1.54) is 12.1 Å². The van der Waals surface area contributed by atoms with Crippen LogP contribution in [0.5, 0.6) is 0 Å². The van der Waals surface area contributed by atoms with Crippen molar-refractivity contribution in [3.63, 3.8) is 0 Å². The number of aromatic amines is 2. The molecule has 3 aromatic rings. The quantitative estimate of drug-likeness (QED) is 0.641. The average molecular weight is 332 g/mol. The summed E-state index contributed by atoms with van der Waals surface area (Å²) in [6.45, 7) is 0. The molecule has 0 bridgehead atoms. The molecule has 2 aromatic heterocycles. The molecule has 0 saturated carbocycles. The van der Waals surface area contributed by atoms with Crippen LogP contribution in [-0.2, 0) is 0 Å². The van der Waals surface area contributed by atoms with Gasteiger partial charge >= 0.3 is 0 Å². The highest BCUT2D eigenvalue weighted by molar-refractivity contribution is 7.71. The number of aromatic nitrogens is 3. The minimum Gasteiger partial charge on any atom is -0.352 e. The summed E-state index contributed by atoms with van der Waals surface area (Å²) in [7, 11) is 0. The van der Waals surface area contributed by atoms with Crippen LogP contribution in [0.2, 0.25) is 0 Å². The maximum Gasteiger partial charge on any atom is 0.259 e. The fourth-order valence-corrected chi connectivity index (χ4v) is 2.28. The Morgan fingerprint density at radius 3 is 2.61 bits per heavy atom. The second-order valence-electron chi connectivity index (χ2n) is 4.63. The lowest BCUT2D eigenvalue weighted by Crippen LogP contribution is -2.13. The minimum atomic E-state index is -0.725. The van der Waals surface area contributed by atoms with E-state index in [4.69, 9.17) is 12.2 Å². The predicted molar refractivity (Wildman–Crippen MR) is 83.5 cm³/mol. The van der Waals surface area contributed by atoms with Crippen molar-refractivity contribution < 1.29 is 13.6 Å². The van der Waals surface area contributed by atoms with Crippen LogP contribution in [-0.4, -0.2) is 21.1 Å². The Hall–Kier alpha value is -2.87. The van der Waals surface area contributed by atoms with Crippen molar-refractivity contribution in [3.05, 3.63) is 64.4 Å². The Bertz CT molecular complexity index is 915. The van der Waals surface area contributed by atoms with Crippen LogP contribution in [0.1, 0.15) is 10.4 Å². The second kappa shape index (κ2) is 6.09. The zero-order valence-corrected chi connectivity index (χ0v) is 12.4. The third-order valence-corrected chi connectivity index (χ3v) is 3.45. The van der Waals surface area contributed by atoms with Gasteiger partial charge in [-0.1, -0.05) is 18.3 Å². The molecule has 5 nitrogen and oxygen atoms in total. The molecule has 0 atom stereocenters. The first-order valence-corrected chi connectivity index (χ1v) is 6.96. The summed E-state index contributed by atoms with van der Waals surface area (Å²) < 4.78 is 27.7. The fourth-order valence-electron chi connectivity index (χ4n) is 2.05. The normalized spacial score (nSPS) is 10.5. The highest BCUT2D eigenvalue weighted by Gasteiger charge is 2.15. The van der Waals surface area contributed by atoms with Gasteiger partial charge in [0.1, 0.15) is 16.3 Å². The van der Waals surface area contributed by atoms with Crippen LogP contribution in [0.25, 0.3) is 11.3 Å². The zero-order chi connectivity index (χ0) is 16.4. The number of benzene rings is 1. The van der Waals surface area contributed by atoms with Gasteiger partial charge in [0.2, 0.25) is 0 Å². The molecule has 2 heterocycles. The van der Waals surface area contributed by atoms with Crippen molar-refractivity contribution in [2.24, 2.45) is 0 Å². The Kier molecular flexibility index (Phi) is 3.98. The van der Waals surface area contributed by atoms with E-state index in [0.29, 0.717) is 0 Å². The average Bonchev–Trinajstić information content (AvgIpc) is 2.95. The topological polar surface area (TPSA) is 73.6 Å². The van der Waals surface area contributed by atoms with E-state index in [2.05, 4.69) is 20.5 Å². The van der Waals surface area contributed by atoms with Crippen LogP contribution in [0, 0.1) is 16.3 Å². The molecule has 0 spiro atoms. The van der Waals surface area contributed by atoms with Crippen LogP contribution >= 0.6 is 12.2 Å². The summed E-state index contributed by atoms with van der Waals surface area (Å²) in [5, 5.41) is 8.85. The number of rotatable bonds is 3. The number of pyridine rings is 1. The van der Waals surface area contributed by atoms with Gasteiger partial charge in [-0.15, -0.1) is 0 Å². The third kappa shape index (κ3) is 3.02. The van der Waals surface area contributed by atoms with Crippen molar-refractivity contribution >= 4 is 23.9 Å². The second-order valence-corrected chi connectivity index (χ2v) is 5.04. The summed E-state index contributed by atoms with van der Waals surface area (Å²) in [5.74, 6) is -1.79. The molecular formula is C15H10F2N4OS. The Morgan fingerprint density at radius 2 is 1.91 bits per heavy atom. The molecule has 3 rings (SSSR count). The molecular weight excluding hydrogens is 322 g/mol. The lowest BCUT2D eigenvalue weighted by Gasteiger charge is -2.02. The lowest BCUT2D eigenvalue weighted by atomic mass is 10.1. The number of carbonyl (C=O) groups is 1. The van der Waals surface area contributed by atoms with Gasteiger partial charge in [0.15, 0.2) is 5.82 Å². The first kappa shape index (κ1) is 15.0. The molecule has 0 unspecified atom stereocenters. The van der Waals surface area contributed by atoms with E-state index in [9.17, 15) is 13.6 Å². The number of amides is 1. The van der Waals surface area contributed by atoms with Gasteiger partial charge in [0.25, 0.3) is 5.91 Å². The largest absolute Gasteiger partial charge is 0.352 e. The van der Waals surface area contributed by atoms with E-state index in [-0.39, 0.29) is 27.3 Å². The summed E-state index contributed by atoms with van der Waals surface area (Å²) >= 11 is 5.02. The van der Waals surface area contributed by atoms with Crippen LogP contribution < -0.4 is 5.32 Å². The number of halogens is 2. The van der Waals surface area contributed by atoms with E-state index in [0.717, 1.165) is 12.1 Å². The monoisotopic (exact) mass is 332 g/mol. The van der Waals surface area contributed by atoms with Crippen molar-refractivity contribution in [1.82, 2.24) is 15.2 Å². The number of H-pyrrole nitrogens is 2. The Morgan fingerprint density at radius 1 is 1.17 bits per heavy atom. The lowest BCUT2D eigenvalue weighted by molar-refractivity contribution is 0.102. The van der Waals surface area contributed by atoms with E-state index in [1.807, 2.05) is 0 Å². The van der Waals surface area contributed by atoms with Gasteiger partial charge in [-0.05, 0) is 24.3 Å². The highest BCUT2D eigenvalue weighted by atomic mass is 32.1. The summed E-state index contributed by atoms with van der Waals surface area (Å²) in [6, 6.07) is 8.08. The first-order chi connectivity index (χ1) is 11.1. The molecule has 3 N–H and O–H groups in total. The molecule has 0 aliphatic rings. The molecule has 0 radical (unpaired) electrons. The van der Waals surface area contributed by atoms with Gasteiger partial charge in [0.05, 0.1) is 16.8 Å². The molecule has 0 fully saturated rings. The SMILES string of the molecule is O=C(Nc1cc(-c2c(F)cccc2F)[nH]n1)c1ccc[nH]c1=S. The van der Waals surface area contributed by atoms with Crippen LogP contribution in [0.4, 0.5) is 14.6 Å². The summed E-state index contributed by atoms with van der Waals surface area (Å²) in [5.41, 5.74) is 0.149. The Balaban J connectivity index is 1.87. The molecule has 116 valence electrons. The standard InChI is InChI=1S/C15H10F2N4OS/c16-9-4-1-5-10(17)13(9)11-7-12(21-20-11)19-14(22)8-3-2-6-18-15(8)23/h1-7H,(H,18,23)(H2,19,20,21,22). The molecule has 23 heavy (non-hydrogen) atoms. The molecule has 1 amide bonds. The van der Waals surface area contributed by atoms with Gasteiger partial charge < -0.3 is 10.3 Å². The third-order valence-electron chi connectivity index (χ3n) is 3.11. The number of carbonyl (C=O) groups excluding carboxylic acids is 1. The number of nitrogens with zero attached hydrogens (tertiary/aromatic N) is 1. The number of hydrogen-bond acceptors (Lipinski definition) is 3. The van der Waals surface area contributed by atoms with Crippen LogP contribution in [0.3, 0.4) is 0 Å². The molecule has 0 aliphatic carbocycles. The Labute approximate surface area is 134 Å². The first-order valence-electron chi connectivity index (χ1n) is 6.55. The number of anilines is 1. The maximum absolute atomic E-state index is 13.7. The predicted octanol–water partition coefficient (Wildman–Crippen LogP) is 3.66. The summed E-state index contributed by atoms with van der Waals surface area (Å²) in [4.78, 5) is 14.9. The fraction of sp³-hybridized carbons (Fsp3) is 0. The van der Waals surface area contributed by atoms with Crippen LogP contribution in [0.15, 0.2) is 42.6 Å². The van der Waals surface area contributed by atoms with Gasteiger partial charge in [0, 0.05) is 12.3 Å². The highest BCUT2D eigenvalue weighted by Crippen LogP contribution is 2.25. The minimum absolute atomic E-state index is 0.120. The smallest absolute Gasteiger partial charge is 0.259 e. The zero-order valence-electron chi connectivity index (χ0n) is 11.6. The van der Waals surface area contributed by atoms with Gasteiger partial charge in [-0.2, -0.15) is 5.10 Å². The number of hydrogen-bond donors (Lipinski definition) is 3. The van der Waals surface area contributed by atoms with Crippen molar-refractivity contribution in [2.45, 2.75) is 0 Å². The van der Waals surface area contributed by atoms with Crippen molar-refractivity contribution in [2.75, 3.05) is 5.32 Å². The van der Waals surface area contributed by atoms with E-state index < -0.39 is 17.5 Å². The molecule has 0 saturated heterocycles.